The van der Waals surface area contributed by atoms with Crippen molar-refractivity contribution in [1.82, 2.24) is 10.4 Å². The van der Waals surface area contributed by atoms with Gasteiger partial charge < -0.3 is 9.47 Å². The van der Waals surface area contributed by atoms with E-state index in [0.717, 1.165) is 11.3 Å². The van der Waals surface area contributed by atoms with Gasteiger partial charge in [-0.05, 0) is 24.6 Å². The highest BCUT2D eigenvalue weighted by Crippen LogP contribution is 2.21. The minimum atomic E-state index is -0.374. The minimum Gasteiger partial charge on any atom is -0.486 e. The number of nitrogens with two attached hydrogens (primary N) is 1. The van der Waals surface area contributed by atoms with Gasteiger partial charge in [0.1, 0.15) is 22.2 Å². The molecule has 0 aliphatic carbocycles. The molecule has 0 saturated carbocycles. The number of nitrogen functional groups attached to an aromatic ring is 1. The molecule has 6 nitrogen and oxygen atoms in total. The molecule has 1 heterocycles. The number of methoxy groups -OCH3 is 1. The lowest BCUT2D eigenvalue weighted by molar-refractivity contribution is 0.0952. The first-order valence-corrected chi connectivity index (χ1v) is 7.13. The molecule has 21 heavy (non-hydrogen) atoms. The minimum absolute atomic E-state index is 0.254. The lowest BCUT2D eigenvalue weighted by Crippen LogP contribution is -2.30. The Morgan fingerprint density at radius 1 is 1.43 bits per heavy atom. The number of rotatable bonds is 6. The zero-order chi connectivity index (χ0) is 15.2. The fourth-order valence-electron chi connectivity index (χ4n) is 1.79. The highest BCUT2D eigenvalue weighted by molar-refractivity contribution is 7.13. The second kappa shape index (κ2) is 7.16. The molecule has 112 valence electrons. The van der Waals surface area contributed by atoms with E-state index in [1.54, 1.807) is 7.11 Å². The summed E-state index contributed by atoms with van der Waals surface area (Å²) in [6.07, 6.45) is 0. The molecule has 0 radical (unpaired) electrons. The third kappa shape index (κ3) is 4.01. The zero-order valence-electron chi connectivity index (χ0n) is 11.9. The van der Waals surface area contributed by atoms with Gasteiger partial charge in [0.25, 0.3) is 5.91 Å². The van der Waals surface area contributed by atoms with E-state index >= 15 is 0 Å². The molecule has 1 amide bonds. The lowest BCUT2D eigenvalue weighted by Gasteiger charge is -2.04. The van der Waals surface area contributed by atoms with E-state index in [4.69, 9.17) is 15.3 Å². The Bertz CT molecular complexity index is 628. The van der Waals surface area contributed by atoms with Crippen LogP contribution in [0.2, 0.25) is 0 Å². The number of amides is 1. The summed E-state index contributed by atoms with van der Waals surface area (Å²) >= 11 is 1.25. The van der Waals surface area contributed by atoms with Gasteiger partial charge in [0.15, 0.2) is 0 Å². The molecule has 1 aromatic heterocycles. The fourth-order valence-corrected chi connectivity index (χ4v) is 2.67. The molecule has 2 aromatic rings. The summed E-state index contributed by atoms with van der Waals surface area (Å²) in [5.74, 6) is 5.56. The van der Waals surface area contributed by atoms with E-state index in [1.807, 2.05) is 31.2 Å². The van der Waals surface area contributed by atoms with Crippen LogP contribution < -0.4 is 16.0 Å². The molecule has 2 rings (SSSR count). The summed E-state index contributed by atoms with van der Waals surface area (Å²) in [6, 6.07) is 7.74. The van der Waals surface area contributed by atoms with Gasteiger partial charge in [0.2, 0.25) is 0 Å². The summed E-state index contributed by atoms with van der Waals surface area (Å²) in [4.78, 5) is 16.5. The van der Waals surface area contributed by atoms with Gasteiger partial charge in [-0.1, -0.05) is 12.1 Å². The quantitative estimate of drug-likeness (QED) is 0.482. The number of hydrogen-bond donors (Lipinski definition) is 2. The number of aryl methyl sites for hydroxylation is 1. The smallest absolute Gasteiger partial charge is 0.277 e. The normalized spacial score (nSPS) is 10.4. The van der Waals surface area contributed by atoms with Crippen molar-refractivity contribution in [2.45, 2.75) is 20.1 Å². The van der Waals surface area contributed by atoms with E-state index in [1.165, 1.54) is 11.3 Å². The standard InChI is InChI=1S/C14H17N3O3S/c1-9-4-3-5-10(6-9)20-8-12-16-11(7-19-2)13(21-12)14(18)17-15/h3-6H,7-8,15H2,1-2H3,(H,17,18). The average Bonchev–Trinajstić information content (AvgIpc) is 2.88. The largest absolute Gasteiger partial charge is 0.486 e. The zero-order valence-corrected chi connectivity index (χ0v) is 12.7. The Balaban J connectivity index is 2.11. The van der Waals surface area contributed by atoms with E-state index in [2.05, 4.69) is 10.4 Å². The molecule has 7 heteroatoms. The first kappa shape index (κ1) is 15.4. The number of hydrogen-bond acceptors (Lipinski definition) is 6. The van der Waals surface area contributed by atoms with Crippen molar-refractivity contribution in [3.63, 3.8) is 0 Å². The number of aromatic nitrogens is 1. The maximum absolute atomic E-state index is 11.7. The Kier molecular flexibility index (Phi) is 5.26. The van der Waals surface area contributed by atoms with E-state index < -0.39 is 0 Å². The molecule has 0 spiro atoms. The van der Waals surface area contributed by atoms with Crippen LogP contribution in [0.4, 0.5) is 0 Å². The number of nitrogens with one attached hydrogen (secondary N) is 1. The Morgan fingerprint density at radius 3 is 2.90 bits per heavy atom. The van der Waals surface area contributed by atoms with Gasteiger partial charge in [0.05, 0.1) is 12.3 Å². The number of hydrazine groups is 1. The molecule has 0 saturated heterocycles. The molecule has 0 aliphatic heterocycles. The van der Waals surface area contributed by atoms with Crippen molar-refractivity contribution >= 4 is 17.2 Å². The Hall–Kier alpha value is -1.96. The fraction of sp³-hybridized carbons (Fsp3) is 0.286. The van der Waals surface area contributed by atoms with Crippen LogP contribution in [0, 0.1) is 6.92 Å². The average molecular weight is 307 g/mol. The van der Waals surface area contributed by atoms with Crippen molar-refractivity contribution in [2.24, 2.45) is 5.84 Å². The van der Waals surface area contributed by atoms with Crippen molar-refractivity contribution in [3.05, 3.63) is 45.4 Å². The lowest BCUT2D eigenvalue weighted by atomic mass is 10.2. The van der Waals surface area contributed by atoms with Crippen molar-refractivity contribution < 1.29 is 14.3 Å². The highest BCUT2D eigenvalue weighted by Gasteiger charge is 2.17. The molecule has 0 unspecified atom stereocenters. The molecule has 0 aliphatic rings. The molecule has 0 bridgehead atoms. The van der Waals surface area contributed by atoms with Gasteiger partial charge in [-0.15, -0.1) is 11.3 Å². The number of thiazole rings is 1. The van der Waals surface area contributed by atoms with Crippen LogP contribution >= 0.6 is 11.3 Å². The maximum Gasteiger partial charge on any atom is 0.277 e. The topological polar surface area (TPSA) is 86.5 Å². The Labute approximate surface area is 126 Å². The van der Waals surface area contributed by atoms with Gasteiger partial charge >= 0.3 is 0 Å². The van der Waals surface area contributed by atoms with Crippen LogP contribution in [0.15, 0.2) is 24.3 Å². The van der Waals surface area contributed by atoms with Crippen LogP contribution in [0.25, 0.3) is 0 Å². The van der Waals surface area contributed by atoms with Crippen molar-refractivity contribution in [3.8, 4) is 5.75 Å². The van der Waals surface area contributed by atoms with Crippen LogP contribution in [0.5, 0.6) is 5.75 Å². The number of carbonyl (C=O) groups is 1. The van der Waals surface area contributed by atoms with Gasteiger partial charge in [-0.2, -0.15) is 0 Å². The first-order chi connectivity index (χ1) is 10.1. The van der Waals surface area contributed by atoms with E-state index in [9.17, 15) is 4.79 Å². The van der Waals surface area contributed by atoms with E-state index in [-0.39, 0.29) is 12.5 Å². The highest BCUT2D eigenvalue weighted by atomic mass is 32.1. The van der Waals surface area contributed by atoms with Crippen LogP contribution in [-0.2, 0) is 18.0 Å². The number of ether oxygens (including phenoxy) is 2. The SMILES string of the molecule is COCc1nc(COc2cccc(C)c2)sc1C(=O)NN. The summed E-state index contributed by atoms with van der Waals surface area (Å²) in [5.41, 5.74) is 3.79. The predicted octanol–water partition coefficient (Wildman–Crippen LogP) is 1.78. The third-order valence-corrected chi connectivity index (χ3v) is 3.78. The summed E-state index contributed by atoms with van der Waals surface area (Å²) in [7, 11) is 1.55. The van der Waals surface area contributed by atoms with Crippen LogP contribution in [-0.4, -0.2) is 18.0 Å². The molecule has 1 aromatic carbocycles. The molecular weight excluding hydrogens is 290 g/mol. The van der Waals surface area contributed by atoms with Crippen LogP contribution in [0.3, 0.4) is 0 Å². The van der Waals surface area contributed by atoms with Crippen molar-refractivity contribution in [2.75, 3.05) is 7.11 Å². The van der Waals surface area contributed by atoms with Gasteiger partial charge in [-0.3, -0.25) is 10.2 Å². The number of benzene rings is 1. The van der Waals surface area contributed by atoms with Crippen LogP contribution in [0.1, 0.15) is 25.9 Å². The maximum atomic E-state index is 11.7. The molecular formula is C14H17N3O3S. The Morgan fingerprint density at radius 2 is 2.24 bits per heavy atom. The van der Waals surface area contributed by atoms with Gasteiger partial charge in [0, 0.05) is 7.11 Å². The molecule has 0 atom stereocenters. The number of nitrogens with zero attached hydrogens (tertiary/aromatic N) is 1. The second-order valence-electron chi connectivity index (χ2n) is 4.40. The second-order valence-corrected chi connectivity index (χ2v) is 5.48. The van der Waals surface area contributed by atoms with Gasteiger partial charge in [-0.25, -0.2) is 10.8 Å². The summed E-state index contributed by atoms with van der Waals surface area (Å²) in [5, 5.41) is 0.696. The summed E-state index contributed by atoms with van der Waals surface area (Å²) in [6.45, 7) is 2.54. The predicted molar refractivity (Wildman–Crippen MR) is 80.0 cm³/mol. The third-order valence-electron chi connectivity index (χ3n) is 2.71. The molecule has 3 N–H and O–H groups in total. The number of carbonyl (C=O) groups excluding carboxylic acids is 1. The van der Waals surface area contributed by atoms with E-state index in [0.29, 0.717) is 22.2 Å². The first-order valence-electron chi connectivity index (χ1n) is 6.32. The summed E-state index contributed by atoms with van der Waals surface area (Å²) < 4.78 is 10.7. The van der Waals surface area contributed by atoms with Crippen molar-refractivity contribution in [1.29, 1.82) is 0 Å². The molecule has 0 fully saturated rings. The monoisotopic (exact) mass is 307 g/mol.